The van der Waals surface area contributed by atoms with E-state index in [1.54, 1.807) is 18.3 Å². The predicted molar refractivity (Wildman–Crippen MR) is 108 cm³/mol. The fourth-order valence-corrected chi connectivity index (χ4v) is 3.41. The highest BCUT2D eigenvalue weighted by Crippen LogP contribution is 2.34. The number of benzene rings is 2. The van der Waals surface area contributed by atoms with Crippen molar-refractivity contribution >= 4 is 33.7 Å². The van der Waals surface area contributed by atoms with Crippen LogP contribution in [0.1, 0.15) is 0 Å². The predicted octanol–water partition coefficient (Wildman–Crippen LogP) is 3.64. The Morgan fingerprint density at radius 3 is 2.63 bits per heavy atom. The molecule has 1 aliphatic heterocycles. The second-order valence-electron chi connectivity index (χ2n) is 6.75. The minimum atomic E-state index is -0.366. The zero-order valence-corrected chi connectivity index (χ0v) is 15.1. The molecule has 1 aliphatic rings. The van der Waals surface area contributed by atoms with Crippen LogP contribution in [0.3, 0.4) is 0 Å². The summed E-state index contributed by atoms with van der Waals surface area (Å²) < 4.78 is 0. The van der Waals surface area contributed by atoms with Crippen LogP contribution in [0.2, 0.25) is 0 Å². The second-order valence-corrected chi connectivity index (χ2v) is 6.75. The van der Waals surface area contributed by atoms with E-state index in [0.29, 0.717) is 11.5 Å². The fourth-order valence-electron chi connectivity index (χ4n) is 3.41. The first-order valence-corrected chi connectivity index (χ1v) is 8.94. The van der Waals surface area contributed by atoms with Crippen LogP contribution in [0.5, 0.6) is 0 Å². The van der Waals surface area contributed by atoms with Crippen molar-refractivity contribution < 1.29 is 4.92 Å². The van der Waals surface area contributed by atoms with Crippen LogP contribution in [-0.2, 0) is 0 Å². The van der Waals surface area contributed by atoms with Gasteiger partial charge in [-0.25, -0.2) is 4.98 Å². The van der Waals surface area contributed by atoms with Gasteiger partial charge in [-0.05, 0) is 24.6 Å². The SMILES string of the molecule is CN1CCN(c2ccc([N+](=O)[O-])cc2Nc2nccc3ccccc23)CC1. The number of hydrogen-bond acceptors (Lipinski definition) is 6. The molecule has 1 fully saturated rings. The monoisotopic (exact) mass is 363 g/mol. The van der Waals surface area contributed by atoms with Crippen LogP contribution in [-0.4, -0.2) is 48.0 Å². The van der Waals surface area contributed by atoms with Crippen molar-refractivity contribution in [3.63, 3.8) is 0 Å². The Morgan fingerprint density at radius 2 is 1.85 bits per heavy atom. The molecule has 0 bridgehead atoms. The minimum absolute atomic E-state index is 0.0654. The number of likely N-dealkylation sites (N-methyl/N-ethyl adjacent to an activating group) is 1. The molecule has 0 aliphatic carbocycles. The number of aromatic nitrogens is 1. The second kappa shape index (κ2) is 7.20. The summed E-state index contributed by atoms with van der Waals surface area (Å²) in [6.07, 6.45) is 1.75. The Bertz CT molecular complexity index is 978. The van der Waals surface area contributed by atoms with Gasteiger partial charge in [0.05, 0.1) is 16.3 Å². The lowest BCUT2D eigenvalue weighted by molar-refractivity contribution is -0.384. The van der Waals surface area contributed by atoms with Crippen LogP contribution >= 0.6 is 0 Å². The molecule has 0 amide bonds. The van der Waals surface area contributed by atoms with Crippen LogP contribution in [0.25, 0.3) is 10.8 Å². The van der Waals surface area contributed by atoms with E-state index in [2.05, 4.69) is 27.1 Å². The third-order valence-electron chi connectivity index (χ3n) is 4.96. The van der Waals surface area contributed by atoms with E-state index in [4.69, 9.17) is 0 Å². The van der Waals surface area contributed by atoms with Gasteiger partial charge in [0, 0.05) is 49.9 Å². The summed E-state index contributed by atoms with van der Waals surface area (Å²) in [6.45, 7) is 3.68. The van der Waals surface area contributed by atoms with Crippen molar-refractivity contribution in [1.82, 2.24) is 9.88 Å². The van der Waals surface area contributed by atoms with Gasteiger partial charge in [0.15, 0.2) is 0 Å². The number of rotatable bonds is 4. The Morgan fingerprint density at radius 1 is 1.07 bits per heavy atom. The highest BCUT2D eigenvalue weighted by atomic mass is 16.6. The summed E-state index contributed by atoms with van der Waals surface area (Å²) in [5, 5.41) is 16.7. The van der Waals surface area contributed by atoms with Gasteiger partial charge in [-0.2, -0.15) is 0 Å². The van der Waals surface area contributed by atoms with E-state index < -0.39 is 0 Å². The number of pyridine rings is 1. The first-order chi connectivity index (χ1) is 13.1. The number of nitro groups is 1. The largest absolute Gasteiger partial charge is 0.367 e. The number of nitrogens with zero attached hydrogens (tertiary/aromatic N) is 4. The van der Waals surface area contributed by atoms with Crippen molar-refractivity contribution in [2.24, 2.45) is 0 Å². The molecule has 1 saturated heterocycles. The van der Waals surface area contributed by atoms with Gasteiger partial charge < -0.3 is 15.1 Å². The van der Waals surface area contributed by atoms with Crippen molar-refractivity contribution in [3.05, 3.63) is 64.8 Å². The quantitative estimate of drug-likeness (QED) is 0.563. The Hall–Kier alpha value is -3.19. The molecule has 27 heavy (non-hydrogen) atoms. The minimum Gasteiger partial charge on any atom is -0.367 e. The summed E-state index contributed by atoms with van der Waals surface area (Å²) >= 11 is 0. The Kier molecular flexibility index (Phi) is 4.60. The van der Waals surface area contributed by atoms with Crippen molar-refractivity contribution in [2.75, 3.05) is 43.4 Å². The number of non-ortho nitro benzene ring substituents is 1. The summed E-state index contributed by atoms with van der Waals surface area (Å²) in [7, 11) is 2.10. The first-order valence-electron chi connectivity index (χ1n) is 8.94. The molecule has 0 spiro atoms. The van der Waals surface area contributed by atoms with E-state index in [0.717, 1.165) is 42.6 Å². The smallest absolute Gasteiger partial charge is 0.271 e. The van der Waals surface area contributed by atoms with Crippen molar-refractivity contribution in [3.8, 4) is 0 Å². The molecule has 0 atom stereocenters. The summed E-state index contributed by atoms with van der Waals surface area (Å²) in [4.78, 5) is 19.9. The molecule has 7 nitrogen and oxygen atoms in total. The fraction of sp³-hybridized carbons (Fsp3) is 0.250. The number of fused-ring (bicyclic) bond motifs is 1. The van der Waals surface area contributed by atoms with Crippen LogP contribution in [0, 0.1) is 10.1 Å². The van der Waals surface area contributed by atoms with E-state index in [-0.39, 0.29) is 10.6 Å². The molecule has 1 N–H and O–H groups in total. The molecule has 2 aromatic carbocycles. The van der Waals surface area contributed by atoms with Crippen molar-refractivity contribution in [1.29, 1.82) is 0 Å². The van der Waals surface area contributed by atoms with Gasteiger partial charge in [-0.3, -0.25) is 10.1 Å². The Balaban J connectivity index is 1.75. The maximum absolute atomic E-state index is 11.3. The molecule has 0 radical (unpaired) electrons. The molecule has 2 heterocycles. The number of anilines is 3. The van der Waals surface area contributed by atoms with Crippen molar-refractivity contribution in [2.45, 2.75) is 0 Å². The third-order valence-corrected chi connectivity index (χ3v) is 4.96. The van der Waals surface area contributed by atoms with E-state index >= 15 is 0 Å². The topological polar surface area (TPSA) is 74.5 Å². The van der Waals surface area contributed by atoms with E-state index in [1.165, 1.54) is 0 Å². The number of nitro benzene ring substituents is 1. The van der Waals surface area contributed by atoms with Crippen LogP contribution < -0.4 is 10.2 Å². The van der Waals surface area contributed by atoms with Crippen LogP contribution in [0.15, 0.2) is 54.7 Å². The van der Waals surface area contributed by atoms with Gasteiger partial charge in [0.25, 0.3) is 5.69 Å². The normalized spacial score (nSPS) is 15.1. The van der Waals surface area contributed by atoms with Gasteiger partial charge >= 0.3 is 0 Å². The third kappa shape index (κ3) is 3.54. The zero-order valence-electron chi connectivity index (χ0n) is 15.1. The van der Waals surface area contributed by atoms with E-state index in [9.17, 15) is 10.1 Å². The molecule has 0 saturated carbocycles. The summed E-state index contributed by atoms with van der Waals surface area (Å²) in [5.41, 5.74) is 1.73. The van der Waals surface area contributed by atoms with Crippen LogP contribution in [0.4, 0.5) is 22.9 Å². The molecular formula is C20H21N5O2. The lowest BCUT2D eigenvalue weighted by Crippen LogP contribution is -2.44. The Labute approximate surface area is 157 Å². The van der Waals surface area contributed by atoms with Gasteiger partial charge in [0.2, 0.25) is 0 Å². The molecule has 138 valence electrons. The van der Waals surface area contributed by atoms with Gasteiger partial charge in [0.1, 0.15) is 5.82 Å². The van der Waals surface area contributed by atoms with Gasteiger partial charge in [-0.1, -0.05) is 24.3 Å². The number of piperazine rings is 1. The molecule has 4 rings (SSSR count). The highest BCUT2D eigenvalue weighted by Gasteiger charge is 2.20. The summed E-state index contributed by atoms with van der Waals surface area (Å²) in [5.74, 6) is 0.698. The van der Waals surface area contributed by atoms with E-state index in [1.807, 2.05) is 36.4 Å². The lowest BCUT2D eigenvalue weighted by Gasteiger charge is -2.35. The highest BCUT2D eigenvalue weighted by molar-refractivity contribution is 5.94. The standard InChI is InChI=1S/C20H21N5O2/c1-23-10-12-24(13-11-23)19-7-6-16(25(26)27)14-18(19)22-20-17-5-3-2-4-15(17)8-9-21-20/h2-9,14H,10-13H2,1H3,(H,21,22). The maximum atomic E-state index is 11.3. The maximum Gasteiger partial charge on any atom is 0.271 e. The average molecular weight is 363 g/mol. The molecule has 3 aromatic rings. The number of nitrogens with one attached hydrogen (secondary N) is 1. The zero-order chi connectivity index (χ0) is 18.8. The molecule has 0 unspecified atom stereocenters. The average Bonchev–Trinajstić information content (AvgIpc) is 2.69. The van der Waals surface area contributed by atoms with Gasteiger partial charge in [-0.15, -0.1) is 0 Å². The molecular weight excluding hydrogens is 342 g/mol. The molecule has 7 heteroatoms. The lowest BCUT2D eigenvalue weighted by atomic mass is 10.1. The molecule has 1 aromatic heterocycles. The number of hydrogen-bond donors (Lipinski definition) is 1. The first kappa shape index (κ1) is 17.2. The summed E-state index contributed by atoms with van der Waals surface area (Å²) in [6, 6.07) is 14.9.